The molecule has 0 aromatic rings. The van der Waals surface area contributed by atoms with Crippen LogP contribution in [0.3, 0.4) is 0 Å². The summed E-state index contributed by atoms with van der Waals surface area (Å²) in [6.07, 6.45) is 7.12. The molecule has 1 aliphatic carbocycles. The summed E-state index contributed by atoms with van der Waals surface area (Å²) in [5, 5.41) is 3.64. The Morgan fingerprint density at radius 2 is 1.71 bits per heavy atom. The van der Waals surface area contributed by atoms with Gasteiger partial charge in [-0.3, -0.25) is 0 Å². The van der Waals surface area contributed by atoms with Crippen molar-refractivity contribution < 1.29 is 0 Å². The first-order valence-corrected chi connectivity index (χ1v) is 6.34. The Kier molecular flexibility index (Phi) is 4.43. The molecule has 1 nitrogen and oxygen atoms in total. The van der Waals surface area contributed by atoms with Crippen LogP contribution in [0, 0.1) is 11.3 Å². The van der Waals surface area contributed by atoms with Crippen LogP contribution in [0.1, 0.15) is 59.8 Å². The highest BCUT2D eigenvalue weighted by atomic mass is 14.9. The first-order valence-electron chi connectivity index (χ1n) is 6.34. The standard InChI is InChI=1S/C13H27N/c1-5-12(4)13(8-6-7-9-13)10-14-11(2)3/h11-12,14H,5-10H2,1-4H3. The zero-order valence-corrected chi connectivity index (χ0v) is 10.4. The Balaban J connectivity index is 2.53. The van der Waals surface area contributed by atoms with Crippen molar-refractivity contribution in [3.63, 3.8) is 0 Å². The van der Waals surface area contributed by atoms with Crippen molar-refractivity contribution in [1.82, 2.24) is 5.32 Å². The van der Waals surface area contributed by atoms with Crippen molar-refractivity contribution >= 4 is 0 Å². The number of hydrogen-bond donors (Lipinski definition) is 1. The molecule has 0 bridgehead atoms. The van der Waals surface area contributed by atoms with Gasteiger partial charge in [0.25, 0.3) is 0 Å². The summed E-state index contributed by atoms with van der Waals surface area (Å²) in [7, 11) is 0. The smallest absolute Gasteiger partial charge is 0.00127 e. The Hall–Kier alpha value is -0.0400. The van der Waals surface area contributed by atoms with Gasteiger partial charge in [0.05, 0.1) is 0 Å². The van der Waals surface area contributed by atoms with E-state index in [1.807, 2.05) is 0 Å². The van der Waals surface area contributed by atoms with E-state index < -0.39 is 0 Å². The van der Waals surface area contributed by atoms with Crippen molar-refractivity contribution in [3.8, 4) is 0 Å². The van der Waals surface area contributed by atoms with E-state index in [2.05, 4.69) is 33.0 Å². The van der Waals surface area contributed by atoms with Crippen molar-refractivity contribution in [1.29, 1.82) is 0 Å². The Bertz CT molecular complexity index is 157. The summed E-state index contributed by atoms with van der Waals surface area (Å²) in [4.78, 5) is 0. The molecule has 1 N–H and O–H groups in total. The molecule has 0 radical (unpaired) electrons. The average molecular weight is 197 g/mol. The van der Waals surface area contributed by atoms with Gasteiger partial charge in [0.1, 0.15) is 0 Å². The van der Waals surface area contributed by atoms with E-state index in [1.54, 1.807) is 0 Å². The summed E-state index contributed by atoms with van der Waals surface area (Å²) in [5.74, 6) is 0.885. The monoisotopic (exact) mass is 197 g/mol. The van der Waals surface area contributed by atoms with E-state index in [-0.39, 0.29) is 0 Å². The van der Waals surface area contributed by atoms with E-state index >= 15 is 0 Å². The summed E-state index contributed by atoms with van der Waals surface area (Å²) in [5.41, 5.74) is 0.624. The maximum atomic E-state index is 3.64. The maximum Gasteiger partial charge on any atom is 0.00127 e. The van der Waals surface area contributed by atoms with Crippen LogP contribution in [0.2, 0.25) is 0 Å². The molecule has 1 unspecified atom stereocenters. The fraction of sp³-hybridized carbons (Fsp3) is 1.00. The minimum Gasteiger partial charge on any atom is -0.314 e. The lowest BCUT2D eigenvalue weighted by Crippen LogP contribution is -2.39. The van der Waals surface area contributed by atoms with E-state index in [4.69, 9.17) is 0 Å². The molecule has 0 aliphatic heterocycles. The minimum atomic E-state index is 0.624. The van der Waals surface area contributed by atoms with Crippen molar-refractivity contribution in [3.05, 3.63) is 0 Å². The van der Waals surface area contributed by atoms with Crippen molar-refractivity contribution in [2.24, 2.45) is 11.3 Å². The molecule has 84 valence electrons. The van der Waals surface area contributed by atoms with E-state index in [0.29, 0.717) is 11.5 Å². The second-order valence-corrected chi connectivity index (χ2v) is 5.41. The average Bonchev–Trinajstić information content (AvgIpc) is 2.63. The number of nitrogens with one attached hydrogen (secondary N) is 1. The predicted molar refractivity (Wildman–Crippen MR) is 63.5 cm³/mol. The van der Waals surface area contributed by atoms with Gasteiger partial charge in [0.2, 0.25) is 0 Å². The molecule has 1 aliphatic rings. The van der Waals surface area contributed by atoms with Gasteiger partial charge in [-0.1, -0.05) is 47.0 Å². The summed E-state index contributed by atoms with van der Waals surface area (Å²) in [6, 6.07) is 0.636. The van der Waals surface area contributed by atoms with Crippen LogP contribution >= 0.6 is 0 Å². The molecule has 0 aromatic heterocycles. The Morgan fingerprint density at radius 1 is 1.14 bits per heavy atom. The molecule has 1 fully saturated rings. The van der Waals surface area contributed by atoms with Crippen LogP contribution in [-0.2, 0) is 0 Å². The lowest BCUT2D eigenvalue weighted by Gasteiger charge is -2.36. The molecule has 0 spiro atoms. The number of hydrogen-bond acceptors (Lipinski definition) is 1. The SMILES string of the molecule is CCC(C)C1(CNC(C)C)CCCC1. The first-order chi connectivity index (χ1) is 6.60. The lowest BCUT2D eigenvalue weighted by atomic mass is 9.73. The lowest BCUT2D eigenvalue weighted by molar-refractivity contribution is 0.165. The van der Waals surface area contributed by atoms with Gasteiger partial charge in [-0.05, 0) is 24.2 Å². The number of rotatable bonds is 5. The molecule has 1 saturated carbocycles. The molecule has 14 heavy (non-hydrogen) atoms. The van der Waals surface area contributed by atoms with Gasteiger partial charge in [0.15, 0.2) is 0 Å². The highest BCUT2D eigenvalue weighted by Crippen LogP contribution is 2.45. The zero-order chi connectivity index (χ0) is 10.6. The molecule has 1 atom stereocenters. The maximum absolute atomic E-state index is 3.64. The third-order valence-corrected chi connectivity index (χ3v) is 4.12. The molecular formula is C13H27N. The van der Waals surface area contributed by atoms with Crippen molar-refractivity contribution in [2.45, 2.75) is 65.8 Å². The van der Waals surface area contributed by atoms with E-state index in [9.17, 15) is 0 Å². The Morgan fingerprint density at radius 3 is 2.14 bits per heavy atom. The van der Waals surface area contributed by atoms with Crippen LogP contribution in [0.15, 0.2) is 0 Å². The Labute approximate surface area is 89.7 Å². The van der Waals surface area contributed by atoms with Crippen LogP contribution in [0.4, 0.5) is 0 Å². The second kappa shape index (κ2) is 5.16. The molecule has 1 rings (SSSR count). The molecule has 0 aromatic carbocycles. The van der Waals surface area contributed by atoms with Crippen LogP contribution in [0.25, 0.3) is 0 Å². The fourth-order valence-electron chi connectivity index (χ4n) is 2.76. The van der Waals surface area contributed by atoms with Crippen LogP contribution in [0.5, 0.6) is 0 Å². The molecule has 1 heteroatoms. The molecule has 0 amide bonds. The summed E-state index contributed by atoms with van der Waals surface area (Å²) in [6.45, 7) is 10.5. The van der Waals surface area contributed by atoms with Gasteiger partial charge in [-0.2, -0.15) is 0 Å². The van der Waals surface area contributed by atoms with Gasteiger partial charge >= 0.3 is 0 Å². The minimum absolute atomic E-state index is 0.624. The highest BCUT2D eigenvalue weighted by molar-refractivity contribution is 4.90. The summed E-state index contributed by atoms with van der Waals surface area (Å²) >= 11 is 0. The van der Waals surface area contributed by atoms with E-state index in [1.165, 1.54) is 38.6 Å². The topological polar surface area (TPSA) is 12.0 Å². The van der Waals surface area contributed by atoms with Gasteiger partial charge in [-0.15, -0.1) is 0 Å². The highest BCUT2D eigenvalue weighted by Gasteiger charge is 2.37. The second-order valence-electron chi connectivity index (χ2n) is 5.41. The van der Waals surface area contributed by atoms with Gasteiger partial charge in [-0.25, -0.2) is 0 Å². The molecule has 0 saturated heterocycles. The van der Waals surface area contributed by atoms with E-state index in [0.717, 1.165) is 5.92 Å². The first kappa shape index (κ1) is 12.0. The molecular weight excluding hydrogens is 170 g/mol. The van der Waals surface area contributed by atoms with Crippen LogP contribution < -0.4 is 5.32 Å². The predicted octanol–water partition coefficient (Wildman–Crippen LogP) is 3.59. The molecule has 0 heterocycles. The normalized spacial score (nSPS) is 22.9. The van der Waals surface area contributed by atoms with Crippen LogP contribution in [-0.4, -0.2) is 12.6 Å². The zero-order valence-electron chi connectivity index (χ0n) is 10.4. The van der Waals surface area contributed by atoms with Crippen molar-refractivity contribution in [2.75, 3.05) is 6.54 Å². The fourth-order valence-corrected chi connectivity index (χ4v) is 2.76. The summed E-state index contributed by atoms with van der Waals surface area (Å²) < 4.78 is 0. The van der Waals surface area contributed by atoms with Gasteiger partial charge in [0, 0.05) is 12.6 Å². The van der Waals surface area contributed by atoms with Gasteiger partial charge < -0.3 is 5.32 Å². The largest absolute Gasteiger partial charge is 0.314 e. The quantitative estimate of drug-likeness (QED) is 0.710. The third-order valence-electron chi connectivity index (χ3n) is 4.12. The third kappa shape index (κ3) is 2.73.